The molecule has 0 heterocycles. The van der Waals surface area contributed by atoms with Crippen molar-refractivity contribution in [2.45, 2.75) is 64.4 Å². The Kier molecular flexibility index (Phi) is 12.5. The van der Waals surface area contributed by atoms with Gasteiger partial charge in [0.1, 0.15) is 12.6 Å². The second kappa shape index (κ2) is 16.3. The Balaban J connectivity index is 1.83. The molecule has 248 valence electrons. The predicted molar refractivity (Wildman–Crippen MR) is 190 cm³/mol. The maximum atomic E-state index is 14.7. The molecule has 0 aliphatic rings. The normalized spacial score (nSPS) is 12.0. The summed E-state index contributed by atoms with van der Waals surface area (Å²) in [6, 6.07) is 25.4. The number of nitrogens with one attached hydrogen (secondary N) is 1. The molecule has 4 rings (SSSR count). The summed E-state index contributed by atoms with van der Waals surface area (Å²) < 4.78 is 29.7. The molecule has 1 atom stereocenters. The van der Waals surface area contributed by atoms with Crippen molar-refractivity contribution in [2.24, 2.45) is 0 Å². The van der Waals surface area contributed by atoms with E-state index in [0.717, 1.165) is 33.8 Å². The lowest BCUT2D eigenvalue weighted by atomic mass is 10.0. The molecule has 4 aromatic rings. The minimum atomic E-state index is -4.20. The van der Waals surface area contributed by atoms with Gasteiger partial charge in [0, 0.05) is 29.6 Å². The monoisotopic (exact) mass is 693 g/mol. The zero-order chi connectivity index (χ0) is 34.1. The summed E-state index contributed by atoms with van der Waals surface area (Å²) in [6.07, 6.45) is 1.87. The first kappa shape index (κ1) is 36.0. The molecule has 7 nitrogen and oxygen atoms in total. The molecule has 0 aromatic heterocycles. The molecule has 0 bridgehead atoms. The number of sulfonamides is 1. The van der Waals surface area contributed by atoms with Crippen LogP contribution < -0.4 is 9.62 Å². The number of hydrogen-bond acceptors (Lipinski definition) is 4. The lowest BCUT2D eigenvalue weighted by Crippen LogP contribution is -2.53. The van der Waals surface area contributed by atoms with E-state index in [1.165, 1.54) is 17.0 Å². The van der Waals surface area contributed by atoms with Gasteiger partial charge in [-0.3, -0.25) is 13.9 Å². The Morgan fingerprint density at radius 1 is 0.851 bits per heavy atom. The van der Waals surface area contributed by atoms with E-state index >= 15 is 0 Å². The summed E-state index contributed by atoms with van der Waals surface area (Å²) in [5.74, 6) is -0.890. The van der Waals surface area contributed by atoms with Crippen molar-refractivity contribution >= 4 is 50.7 Å². The molecule has 10 heteroatoms. The number of carbonyl (C=O) groups excluding carboxylic acids is 2. The number of amides is 2. The highest BCUT2D eigenvalue weighted by Gasteiger charge is 2.35. The summed E-state index contributed by atoms with van der Waals surface area (Å²) in [5, 5.41) is 3.75. The Morgan fingerprint density at radius 2 is 1.53 bits per heavy atom. The number of halogens is 2. The lowest BCUT2D eigenvalue weighted by Gasteiger charge is -2.34. The molecule has 0 spiro atoms. The maximum Gasteiger partial charge on any atom is 0.264 e. The van der Waals surface area contributed by atoms with E-state index in [1.807, 2.05) is 70.2 Å². The van der Waals surface area contributed by atoms with Crippen molar-refractivity contribution in [1.82, 2.24) is 10.2 Å². The number of anilines is 1. The molecule has 0 fully saturated rings. The fourth-order valence-electron chi connectivity index (χ4n) is 5.33. The van der Waals surface area contributed by atoms with Gasteiger partial charge in [-0.05, 0) is 74.2 Å². The first-order valence-corrected chi connectivity index (χ1v) is 17.8. The van der Waals surface area contributed by atoms with Crippen molar-refractivity contribution in [3.63, 3.8) is 0 Å². The van der Waals surface area contributed by atoms with Crippen LogP contribution in [-0.4, -0.2) is 44.3 Å². The molecule has 2 amide bonds. The summed E-state index contributed by atoms with van der Waals surface area (Å²) in [4.78, 5) is 30.1. The Bertz CT molecular complexity index is 1800. The highest BCUT2D eigenvalue weighted by Crippen LogP contribution is 2.29. The van der Waals surface area contributed by atoms with Crippen LogP contribution in [0.4, 0.5) is 5.69 Å². The van der Waals surface area contributed by atoms with Crippen molar-refractivity contribution in [3.05, 3.63) is 129 Å². The van der Waals surface area contributed by atoms with Crippen LogP contribution in [-0.2, 0) is 32.6 Å². The Morgan fingerprint density at radius 3 is 2.17 bits per heavy atom. The van der Waals surface area contributed by atoms with Crippen molar-refractivity contribution in [2.75, 3.05) is 17.4 Å². The van der Waals surface area contributed by atoms with Gasteiger partial charge in [-0.1, -0.05) is 108 Å². The number of benzene rings is 4. The maximum absolute atomic E-state index is 14.7. The lowest BCUT2D eigenvalue weighted by molar-refractivity contribution is -0.140. The molecule has 0 aliphatic heterocycles. The van der Waals surface area contributed by atoms with E-state index < -0.39 is 28.5 Å². The highest BCUT2D eigenvalue weighted by atomic mass is 35.5. The average molecular weight is 695 g/mol. The first-order valence-electron chi connectivity index (χ1n) is 15.6. The van der Waals surface area contributed by atoms with Gasteiger partial charge in [0.05, 0.1) is 10.6 Å². The van der Waals surface area contributed by atoms with Crippen LogP contribution in [0.2, 0.25) is 10.0 Å². The van der Waals surface area contributed by atoms with Crippen molar-refractivity contribution < 1.29 is 18.0 Å². The molecule has 0 radical (unpaired) electrons. The molecule has 0 saturated carbocycles. The third-order valence-corrected chi connectivity index (χ3v) is 10.3. The van der Waals surface area contributed by atoms with Gasteiger partial charge in [0.15, 0.2) is 0 Å². The smallest absolute Gasteiger partial charge is 0.264 e. The van der Waals surface area contributed by atoms with Gasteiger partial charge < -0.3 is 10.2 Å². The standard InChI is InChI=1S/C37H41Cl2N3O4S/c1-5-6-20-40-37(44)35(22-29-10-8-7-9-11-29)41(24-30-15-16-31(38)23-33(30)39)36(43)25-42(34-19-14-27(3)21-28(34)4)47(45,46)32-17-12-26(2)13-18-32/h7-19,21,23,35H,5-6,20,22,24-25H2,1-4H3,(H,40,44). The van der Waals surface area contributed by atoms with E-state index in [4.69, 9.17) is 23.2 Å². The number of hydrogen-bond donors (Lipinski definition) is 1. The van der Waals surface area contributed by atoms with Crippen LogP contribution in [0.1, 0.15) is 47.6 Å². The van der Waals surface area contributed by atoms with Crippen LogP contribution in [0.15, 0.2) is 95.9 Å². The molecule has 1 N–H and O–H groups in total. The molecule has 0 saturated heterocycles. The van der Waals surface area contributed by atoms with E-state index in [0.29, 0.717) is 33.4 Å². The van der Waals surface area contributed by atoms with Gasteiger partial charge in [-0.2, -0.15) is 0 Å². The molecule has 47 heavy (non-hydrogen) atoms. The van der Waals surface area contributed by atoms with Crippen LogP contribution in [0.5, 0.6) is 0 Å². The van der Waals surface area contributed by atoms with Crippen molar-refractivity contribution in [3.8, 4) is 0 Å². The van der Waals surface area contributed by atoms with Crippen molar-refractivity contribution in [1.29, 1.82) is 0 Å². The third-order valence-electron chi connectivity index (χ3n) is 7.97. The molecular formula is C37H41Cl2N3O4S. The van der Waals surface area contributed by atoms with E-state index in [-0.39, 0.29) is 23.8 Å². The quantitative estimate of drug-likeness (QED) is 0.137. The van der Waals surface area contributed by atoms with Crippen LogP contribution in [0.3, 0.4) is 0 Å². The number of unbranched alkanes of at least 4 members (excludes halogenated alkanes) is 1. The number of carbonyl (C=O) groups is 2. The van der Waals surface area contributed by atoms with E-state index in [2.05, 4.69) is 5.32 Å². The largest absolute Gasteiger partial charge is 0.354 e. The Hall–Kier alpha value is -3.85. The zero-order valence-electron chi connectivity index (χ0n) is 27.2. The van der Waals surface area contributed by atoms with Crippen LogP contribution in [0.25, 0.3) is 0 Å². The predicted octanol–water partition coefficient (Wildman–Crippen LogP) is 7.67. The number of rotatable bonds is 14. The number of nitrogens with zero attached hydrogens (tertiary/aromatic N) is 2. The summed E-state index contributed by atoms with van der Waals surface area (Å²) >= 11 is 12.8. The molecular weight excluding hydrogens is 653 g/mol. The highest BCUT2D eigenvalue weighted by molar-refractivity contribution is 7.92. The van der Waals surface area contributed by atoms with Crippen LogP contribution in [0, 0.1) is 20.8 Å². The summed E-state index contributed by atoms with van der Waals surface area (Å²) in [6.45, 7) is 7.50. The number of aryl methyl sites for hydroxylation is 3. The average Bonchev–Trinajstić information content (AvgIpc) is 3.03. The van der Waals surface area contributed by atoms with Gasteiger partial charge in [0.2, 0.25) is 11.8 Å². The fourth-order valence-corrected chi connectivity index (χ4v) is 7.28. The Labute approximate surface area is 288 Å². The minimum absolute atomic E-state index is 0.0428. The zero-order valence-corrected chi connectivity index (χ0v) is 29.5. The van der Waals surface area contributed by atoms with Crippen LogP contribution >= 0.6 is 23.2 Å². The second-order valence-corrected chi connectivity index (χ2v) is 14.4. The van der Waals surface area contributed by atoms with Gasteiger partial charge >= 0.3 is 0 Å². The second-order valence-electron chi connectivity index (χ2n) is 11.7. The SMILES string of the molecule is CCCCNC(=O)C(Cc1ccccc1)N(Cc1ccc(Cl)cc1Cl)C(=O)CN(c1ccc(C)cc1C)S(=O)(=O)c1ccc(C)cc1. The topological polar surface area (TPSA) is 86.8 Å². The minimum Gasteiger partial charge on any atom is -0.354 e. The molecule has 1 unspecified atom stereocenters. The third kappa shape index (κ3) is 9.37. The summed E-state index contributed by atoms with van der Waals surface area (Å²) in [5.41, 5.74) is 4.35. The fraction of sp³-hybridized carbons (Fsp3) is 0.297. The molecule has 4 aromatic carbocycles. The molecule has 0 aliphatic carbocycles. The van der Waals surface area contributed by atoms with E-state index in [1.54, 1.807) is 36.4 Å². The van der Waals surface area contributed by atoms with Gasteiger partial charge in [-0.25, -0.2) is 8.42 Å². The summed E-state index contributed by atoms with van der Waals surface area (Å²) in [7, 11) is -4.20. The van der Waals surface area contributed by atoms with Gasteiger partial charge in [0.25, 0.3) is 10.0 Å². The van der Waals surface area contributed by atoms with Gasteiger partial charge in [-0.15, -0.1) is 0 Å². The first-order chi connectivity index (χ1) is 22.4. The van der Waals surface area contributed by atoms with E-state index in [9.17, 15) is 18.0 Å².